The van der Waals surface area contributed by atoms with Crippen LogP contribution in [0.25, 0.3) is 21.8 Å². The van der Waals surface area contributed by atoms with Crippen LogP contribution in [0.5, 0.6) is 17.2 Å². The second-order valence-corrected chi connectivity index (χ2v) is 9.75. The van der Waals surface area contributed by atoms with Gasteiger partial charge < -0.3 is 41.6 Å². The monoisotopic (exact) mass is 610 g/mol. The largest absolute Gasteiger partial charge is 0.492 e. The molecular weight excluding hydrogens is 576 g/mol. The molecule has 0 saturated heterocycles. The van der Waals surface area contributed by atoms with Gasteiger partial charge in [-0.15, -0.1) is 0 Å². The number of likely N-dealkylation sites (N-methyl/N-ethyl adjacent to an activating group) is 1. The van der Waals surface area contributed by atoms with E-state index in [2.05, 4.69) is 30.9 Å². The highest BCUT2D eigenvalue weighted by atomic mass is 16.5. The molecule has 3 heterocycles. The van der Waals surface area contributed by atoms with Crippen molar-refractivity contribution in [2.75, 3.05) is 57.1 Å². The fourth-order valence-electron chi connectivity index (χ4n) is 4.44. The number of nitrogens with one attached hydrogen (secondary N) is 3. The molecule has 0 aliphatic carbocycles. The predicted molar refractivity (Wildman–Crippen MR) is 172 cm³/mol. The third kappa shape index (κ3) is 7.78. The SMILES string of the molecule is CNCCOc1cc(NC(=O)c2cc(OCCN)cc(C(=O)Nc3cc(OCCN)c4ccccc4n3)n2)nc2ccccc12. The zero-order valence-electron chi connectivity index (χ0n) is 24.7. The minimum absolute atomic E-state index is 0.0688. The zero-order valence-corrected chi connectivity index (χ0v) is 24.7. The van der Waals surface area contributed by atoms with Crippen LogP contribution in [0, 0.1) is 0 Å². The van der Waals surface area contributed by atoms with Gasteiger partial charge in [0.25, 0.3) is 11.8 Å². The van der Waals surface area contributed by atoms with Gasteiger partial charge in [-0.1, -0.05) is 24.3 Å². The molecule has 3 aromatic heterocycles. The van der Waals surface area contributed by atoms with E-state index in [4.69, 9.17) is 25.7 Å². The third-order valence-corrected chi connectivity index (χ3v) is 6.48. The Kier molecular flexibility index (Phi) is 10.3. The number of carbonyl (C=O) groups is 2. The Labute approximate surface area is 259 Å². The predicted octanol–water partition coefficient (Wildman–Crippen LogP) is 2.96. The molecule has 0 aliphatic heterocycles. The molecule has 0 atom stereocenters. The molecule has 0 radical (unpaired) electrons. The van der Waals surface area contributed by atoms with Gasteiger partial charge in [-0.25, -0.2) is 15.0 Å². The third-order valence-electron chi connectivity index (χ3n) is 6.48. The Morgan fingerprint density at radius 3 is 1.67 bits per heavy atom. The standard InChI is InChI=1S/C32H34N8O5/c1-35-12-15-45-28-19-30(38-24-9-5-3-7-22(24)28)40-32(42)26-17-20(43-13-10-33)16-25(36-26)31(41)39-29-18-27(44-14-11-34)21-6-2-4-8-23(21)37-29/h2-9,16-19,35H,10-15,33-34H2,1H3,(H,37,39,41)(H,38,40,42). The highest BCUT2D eigenvalue weighted by Gasteiger charge is 2.19. The number of ether oxygens (including phenoxy) is 3. The van der Waals surface area contributed by atoms with Crippen molar-refractivity contribution in [3.63, 3.8) is 0 Å². The topological polar surface area (TPSA) is 189 Å². The molecule has 2 aromatic carbocycles. The van der Waals surface area contributed by atoms with E-state index >= 15 is 0 Å². The van der Waals surface area contributed by atoms with Gasteiger partial charge >= 0.3 is 0 Å². The number of fused-ring (bicyclic) bond motifs is 2. The van der Waals surface area contributed by atoms with E-state index in [1.165, 1.54) is 12.1 Å². The van der Waals surface area contributed by atoms with Gasteiger partial charge in [0, 0.05) is 54.7 Å². The Balaban J connectivity index is 1.43. The first kappa shape index (κ1) is 31.1. The smallest absolute Gasteiger partial charge is 0.275 e. The number of carbonyl (C=O) groups excluding carboxylic acids is 2. The van der Waals surface area contributed by atoms with Gasteiger partial charge in [0.05, 0.1) is 11.0 Å². The van der Waals surface area contributed by atoms with Crippen molar-refractivity contribution in [2.45, 2.75) is 0 Å². The number of benzene rings is 2. The van der Waals surface area contributed by atoms with Crippen LogP contribution in [-0.2, 0) is 0 Å². The molecule has 0 saturated carbocycles. The fraction of sp³-hybridized carbons (Fsp3) is 0.219. The van der Waals surface area contributed by atoms with Crippen molar-refractivity contribution in [1.82, 2.24) is 20.3 Å². The normalized spacial score (nSPS) is 10.9. The summed E-state index contributed by atoms with van der Waals surface area (Å²) in [5, 5.41) is 10.1. The number of aromatic nitrogens is 3. The maximum atomic E-state index is 13.5. The summed E-state index contributed by atoms with van der Waals surface area (Å²) in [6.07, 6.45) is 0. The van der Waals surface area contributed by atoms with E-state index in [1.807, 2.05) is 49.5 Å². The maximum absolute atomic E-state index is 13.5. The highest BCUT2D eigenvalue weighted by molar-refractivity contribution is 6.07. The van der Waals surface area contributed by atoms with Gasteiger partial charge in [0.2, 0.25) is 0 Å². The van der Waals surface area contributed by atoms with Crippen molar-refractivity contribution in [3.05, 3.63) is 84.2 Å². The highest BCUT2D eigenvalue weighted by Crippen LogP contribution is 2.29. The lowest BCUT2D eigenvalue weighted by atomic mass is 10.2. The summed E-state index contributed by atoms with van der Waals surface area (Å²) in [4.78, 5) is 40.3. The van der Waals surface area contributed by atoms with Crippen LogP contribution in [0.3, 0.4) is 0 Å². The van der Waals surface area contributed by atoms with Crippen molar-refractivity contribution in [1.29, 1.82) is 0 Å². The van der Waals surface area contributed by atoms with E-state index in [-0.39, 0.29) is 48.5 Å². The van der Waals surface area contributed by atoms with E-state index in [0.29, 0.717) is 42.2 Å². The van der Waals surface area contributed by atoms with E-state index in [1.54, 1.807) is 18.2 Å². The summed E-state index contributed by atoms with van der Waals surface area (Å²) < 4.78 is 17.4. The first-order valence-electron chi connectivity index (χ1n) is 14.4. The van der Waals surface area contributed by atoms with Crippen molar-refractivity contribution in [2.24, 2.45) is 11.5 Å². The number of nitrogens with two attached hydrogens (primary N) is 2. The van der Waals surface area contributed by atoms with Crippen LogP contribution < -0.4 is 41.6 Å². The summed E-state index contributed by atoms with van der Waals surface area (Å²) in [7, 11) is 1.83. The number of para-hydroxylation sites is 2. The molecule has 232 valence electrons. The van der Waals surface area contributed by atoms with E-state index < -0.39 is 11.8 Å². The van der Waals surface area contributed by atoms with Crippen LogP contribution in [0.4, 0.5) is 11.6 Å². The number of hydrogen-bond donors (Lipinski definition) is 5. The molecule has 0 aliphatic rings. The van der Waals surface area contributed by atoms with Crippen LogP contribution in [-0.4, -0.2) is 73.3 Å². The van der Waals surface area contributed by atoms with E-state index in [0.717, 1.165) is 10.8 Å². The van der Waals surface area contributed by atoms with Gasteiger partial charge in [-0.2, -0.15) is 0 Å². The molecule has 7 N–H and O–H groups in total. The average molecular weight is 611 g/mol. The van der Waals surface area contributed by atoms with Crippen molar-refractivity contribution in [3.8, 4) is 17.2 Å². The molecule has 0 fully saturated rings. The van der Waals surface area contributed by atoms with Gasteiger partial charge in [0.1, 0.15) is 60.1 Å². The summed E-state index contributed by atoms with van der Waals surface area (Å²) >= 11 is 0. The molecule has 0 bridgehead atoms. The Morgan fingerprint density at radius 1 is 0.667 bits per heavy atom. The summed E-state index contributed by atoms with van der Waals surface area (Å²) in [6.45, 7) is 2.07. The molecule has 5 aromatic rings. The minimum Gasteiger partial charge on any atom is -0.492 e. The number of rotatable bonds is 14. The van der Waals surface area contributed by atoms with Crippen LogP contribution in [0.1, 0.15) is 21.0 Å². The maximum Gasteiger partial charge on any atom is 0.275 e. The number of hydrogen-bond acceptors (Lipinski definition) is 11. The Morgan fingerprint density at radius 2 is 1.16 bits per heavy atom. The Hall–Kier alpha value is -5.37. The second kappa shape index (κ2) is 14.9. The Bertz CT molecular complexity index is 1820. The van der Waals surface area contributed by atoms with E-state index in [9.17, 15) is 9.59 Å². The average Bonchev–Trinajstić information content (AvgIpc) is 3.06. The molecule has 0 spiro atoms. The number of amides is 2. The molecule has 45 heavy (non-hydrogen) atoms. The lowest BCUT2D eigenvalue weighted by Crippen LogP contribution is -2.20. The summed E-state index contributed by atoms with van der Waals surface area (Å²) in [5.41, 5.74) is 12.4. The lowest BCUT2D eigenvalue weighted by Gasteiger charge is -2.13. The second-order valence-electron chi connectivity index (χ2n) is 9.75. The first-order valence-corrected chi connectivity index (χ1v) is 14.4. The van der Waals surface area contributed by atoms with Crippen LogP contribution in [0.2, 0.25) is 0 Å². The van der Waals surface area contributed by atoms with Crippen LogP contribution in [0.15, 0.2) is 72.8 Å². The molecule has 13 heteroatoms. The number of nitrogens with zero attached hydrogens (tertiary/aromatic N) is 3. The molecule has 2 amide bonds. The van der Waals surface area contributed by atoms with Crippen molar-refractivity contribution < 1.29 is 23.8 Å². The molecule has 13 nitrogen and oxygen atoms in total. The minimum atomic E-state index is -0.612. The van der Waals surface area contributed by atoms with Gasteiger partial charge in [-0.3, -0.25) is 9.59 Å². The number of anilines is 2. The fourth-order valence-corrected chi connectivity index (χ4v) is 4.44. The molecule has 0 unspecified atom stereocenters. The van der Waals surface area contributed by atoms with Gasteiger partial charge in [-0.05, 0) is 31.3 Å². The quantitative estimate of drug-likeness (QED) is 0.116. The number of pyridine rings is 3. The van der Waals surface area contributed by atoms with Crippen molar-refractivity contribution >= 4 is 45.3 Å². The first-order chi connectivity index (χ1) is 22.0. The molecular formula is C32H34N8O5. The summed E-state index contributed by atoms with van der Waals surface area (Å²) in [6, 6.07) is 20.9. The zero-order chi connectivity index (χ0) is 31.6. The van der Waals surface area contributed by atoms with Crippen LogP contribution >= 0.6 is 0 Å². The summed E-state index contributed by atoms with van der Waals surface area (Å²) in [5.74, 6) is 0.601. The molecule has 5 rings (SSSR count). The van der Waals surface area contributed by atoms with Gasteiger partial charge in [0.15, 0.2) is 0 Å². The lowest BCUT2D eigenvalue weighted by molar-refractivity contribution is 0.101.